The summed E-state index contributed by atoms with van der Waals surface area (Å²) in [6.45, 7) is 7.62. The molecule has 1 aromatic carbocycles. The topological polar surface area (TPSA) is 48.1 Å². The van der Waals surface area contributed by atoms with Crippen molar-refractivity contribution in [3.05, 3.63) is 46.6 Å². The number of hydrogen-bond donors (Lipinski definition) is 2. The van der Waals surface area contributed by atoms with E-state index in [1.807, 2.05) is 32.0 Å². The molecule has 1 amide bonds. The van der Waals surface area contributed by atoms with E-state index < -0.39 is 0 Å². The molecule has 0 bridgehead atoms. The van der Waals surface area contributed by atoms with E-state index in [-0.39, 0.29) is 5.91 Å². The van der Waals surface area contributed by atoms with Crippen LogP contribution in [0.15, 0.2) is 24.3 Å². The largest absolute Gasteiger partial charge is 0.358 e. The van der Waals surface area contributed by atoms with Crippen LogP contribution in [0.3, 0.4) is 0 Å². The Morgan fingerprint density at radius 2 is 1.86 bits per heavy atom. The molecule has 0 saturated carbocycles. The lowest BCUT2D eigenvalue weighted by molar-refractivity contribution is 0.0950. The number of carbonyl (C=O) groups excluding carboxylic acids is 1. The molecule has 0 aliphatic carbocycles. The van der Waals surface area contributed by atoms with Crippen LogP contribution in [0.25, 0.3) is 11.3 Å². The van der Waals surface area contributed by atoms with Gasteiger partial charge in [0.25, 0.3) is 5.91 Å². The molecule has 2 rings (SSSR count). The number of aryl methyl sites for hydroxylation is 3. The molecule has 2 N–H and O–H groups in total. The number of H-pyrrole nitrogens is 1. The molecule has 0 spiro atoms. The molecule has 1 heterocycles. The summed E-state index contributed by atoms with van der Waals surface area (Å²) in [5.41, 5.74) is 6.23. The normalized spacial score (nSPS) is 11.0. The molecule has 4 nitrogen and oxygen atoms in total. The predicted molar refractivity (Wildman–Crippen MR) is 91.3 cm³/mol. The number of nitrogens with zero attached hydrogens (tertiary/aromatic N) is 1. The fourth-order valence-electron chi connectivity index (χ4n) is 2.35. The highest BCUT2D eigenvalue weighted by molar-refractivity contribution is 5.96. The first kappa shape index (κ1) is 16.3. The van der Waals surface area contributed by atoms with E-state index >= 15 is 0 Å². The van der Waals surface area contributed by atoms with Gasteiger partial charge in [0.1, 0.15) is 0 Å². The van der Waals surface area contributed by atoms with E-state index in [4.69, 9.17) is 0 Å². The predicted octanol–water partition coefficient (Wildman–Crippen LogP) is 2.90. The Morgan fingerprint density at radius 1 is 1.14 bits per heavy atom. The second-order valence-electron chi connectivity index (χ2n) is 6.08. The van der Waals surface area contributed by atoms with Crippen LogP contribution in [0.5, 0.6) is 0 Å². The zero-order valence-electron chi connectivity index (χ0n) is 14.1. The highest BCUT2D eigenvalue weighted by Crippen LogP contribution is 2.24. The minimum Gasteiger partial charge on any atom is -0.358 e. The lowest BCUT2D eigenvalue weighted by Gasteiger charge is -2.10. The molecule has 0 saturated heterocycles. The molecule has 1 aromatic heterocycles. The van der Waals surface area contributed by atoms with Gasteiger partial charge in [-0.2, -0.15) is 0 Å². The van der Waals surface area contributed by atoms with Gasteiger partial charge in [-0.3, -0.25) is 4.79 Å². The van der Waals surface area contributed by atoms with Crippen molar-refractivity contribution in [3.63, 3.8) is 0 Å². The zero-order chi connectivity index (χ0) is 16.3. The summed E-state index contributed by atoms with van der Waals surface area (Å²) in [6, 6.07) is 8.28. The Hall–Kier alpha value is -2.07. The monoisotopic (exact) mass is 299 g/mol. The first-order valence-corrected chi connectivity index (χ1v) is 7.58. The van der Waals surface area contributed by atoms with Gasteiger partial charge < -0.3 is 15.2 Å². The number of rotatable bonds is 5. The first-order chi connectivity index (χ1) is 10.4. The number of likely N-dealkylation sites (N-methyl/N-ethyl adjacent to an activating group) is 1. The molecule has 4 heteroatoms. The summed E-state index contributed by atoms with van der Waals surface area (Å²) >= 11 is 0. The third-order valence-corrected chi connectivity index (χ3v) is 3.92. The third kappa shape index (κ3) is 3.77. The van der Waals surface area contributed by atoms with Crippen molar-refractivity contribution in [2.75, 3.05) is 27.2 Å². The van der Waals surface area contributed by atoms with Gasteiger partial charge in [0, 0.05) is 24.5 Å². The Balaban J connectivity index is 2.17. The van der Waals surface area contributed by atoms with Crippen molar-refractivity contribution >= 4 is 5.91 Å². The van der Waals surface area contributed by atoms with Crippen LogP contribution in [0.2, 0.25) is 0 Å². The fourth-order valence-corrected chi connectivity index (χ4v) is 2.35. The fraction of sp³-hybridized carbons (Fsp3) is 0.389. The Labute approximate surface area is 132 Å². The average molecular weight is 299 g/mol. The summed E-state index contributed by atoms with van der Waals surface area (Å²) in [5.74, 6) is -0.0225. The van der Waals surface area contributed by atoms with E-state index in [1.54, 1.807) is 0 Å². The molecular formula is C18H25N3O. The minimum atomic E-state index is -0.0225. The van der Waals surface area contributed by atoms with Gasteiger partial charge >= 0.3 is 0 Å². The number of amides is 1. The standard InChI is InChI=1S/C18H25N3O/c1-12-6-7-15(10-13(12)2)17-11-16(14(3)20-17)18(22)19-8-9-21(4)5/h6-7,10-11,20H,8-9H2,1-5H3,(H,19,22). The maximum atomic E-state index is 12.3. The zero-order valence-corrected chi connectivity index (χ0v) is 14.1. The Morgan fingerprint density at radius 3 is 2.50 bits per heavy atom. The van der Waals surface area contributed by atoms with Crippen LogP contribution in [0.1, 0.15) is 27.2 Å². The number of aromatic nitrogens is 1. The summed E-state index contributed by atoms with van der Waals surface area (Å²) in [4.78, 5) is 17.6. The van der Waals surface area contributed by atoms with Gasteiger partial charge in [0.2, 0.25) is 0 Å². The first-order valence-electron chi connectivity index (χ1n) is 7.58. The molecule has 0 radical (unpaired) electrons. The molecule has 118 valence electrons. The van der Waals surface area contributed by atoms with Gasteiger partial charge in [0.05, 0.1) is 5.56 Å². The van der Waals surface area contributed by atoms with Crippen molar-refractivity contribution in [1.82, 2.24) is 15.2 Å². The van der Waals surface area contributed by atoms with Crippen LogP contribution >= 0.6 is 0 Å². The van der Waals surface area contributed by atoms with Crippen molar-refractivity contribution < 1.29 is 4.79 Å². The van der Waals surface area contributed by atoms with E-state index in [9.17, 15) is 4.79 Å². The Bertz CT molecular complexity index is 671. The van der Waals surface area contributed by atoms with Crippen LogP contribution in [0, 0.1) is 20.8 Å². The van der Waals surface area contributed by atoms with Crippen LogP contribution in [-0.4, -0.2) is 43.0 Å². The molecular weight excluding hydrogens is 274 g/mol. The third-order valence-electron chi connectivity index (χ3n) is 3.92. The lowest BCUT2D eigenvalue weighted by atomic mass is 10.0. The number of carbonyl (C=O) groups is 1. The van der Waals surface area contributed by atoms with E-state index in [1.165, 1.54) is 11.1 Å². The van der Waals surface area contributed by atoms with E-state index in [2.05, 4.69) is 42.3 Å². The summed E-state index contributed by atoms with van der Waals surface area (Å²) in [7, 11) is 3.98. The highest BCUT2D eigenvalue weighted by Gasteiger charge is 2.13. The number of hydrogen-bond acceptors (Lipinski definition) is 2. The van der Waals surface area contributed by atoms with Crippen molar-refractivity contribution in [2.24, 2.45) is 0 Å². The molecule has 0 aliphatic heterocycles. The molecule has 0 unspecified atom stereocenters. The second kappa shape index (κ2) is 6.79. The molecule has 0 aliphatic rings. The Kier molecular flexibility index (Phi) is 5.03. The van der Waals surface area contributed by atoms with Crippen LogP contribution in [0.4, 0.5) is 0 Å². The van der Waals surface area contributed by atoms with E-state index in [0.717, 1.165) is 23.5 Å². The van der Waals surface area contributed by atoms with Gasteiger partial charge in [-0.1, -0.05) is 12.1 Å². The SMILES string of the molecule is Cc1ccc(-c2cc(C(=O)NCCN(C)C)c(C)[nH]2)cc1C. The van der Waals surface area contributed by atoms with Gasteiger partial charge in [-0.25, -0.2) is 0 Å². The molecule has 22 heavy (non-hydrogen) atoms. The van der Waals surface area contributed by atoms with Crippen molar-refractivity contribution in [2.45, 2.75) is 20.8 Å². The van der Waals surface area contributed by atoms with Crippen molar-refractivity contribution in [1.29, 1.82) is 0 Å². The number of benzene rings is 1. The maximum absolute atomic E-state index is 12.3. The number of aromatic amines is 1. The maximum Gasteiger partial charge on any atom is 0.253 e. The minimum absolute atomic E-state index is 0.0225. The molecule has 0 fully saturated rings. The summed E-state index contributed by atoms with van der Waals surface area (Å²) < 4.78 is 0. The van der Waals surface area contributed by atoms with Crippen LogP contribution < -0.4 is 5.32 Å². The van der Waals surface area contributed by atoms with Crippen molar-refractivity contribution in [3.8, 4) is 11.3 Å². The summed E-state index contributed by atoms with van der Waals surface area (Å²) in [5, 5.41) is 2.96. The van der Waals surface area contributed by atoms with Crippen LogP contribution in [-0.2, 0) is 0 Å². The average Bonchev–Trinajstić information content (AvgIpc) is 2.83. The lowest BCUT2D eigenvalue weighted by Crippen LogP contribution is -2.31. The molecule has 2 aromatic rings. The second-order valence-corrected chi connectivity index (χ2v) is 6.08. The van der Waals surface area contributed by atoms with E-state index in [0.29, 0.717) is 12.1 Å². The van der Waals surface area contributed by atoms with Gasteiger partial charge in [0.15, 0.2) is 0 Å². The van der Waals surface area contributed by atoms with Gasteiger partial charge in [-0.15, -0.1) is 0 Å². The highest BCUT2D eigenvalue weighted by atomic mass is 16.1. The smallest absolute Gasteiger partial charge is 0.253 e. The number of nitrogens with one attached hydrogen (secondary N) is 2. The van der Waals surface area contributed by atoms with Gasteiger partial charge in [-0.05, 0) is 63.7 Å². The quantitative estimate of drug-likeness (QED) is 0.892. The molecule has 0 atom stereocenters. The summed E-state index contributed by atoms with van der Waals surface area (Å²) in [6.07, 6.45) is 0.